The first kappa shape index (κ1) is 14.9. The highest BCUT2D eigenvalue weighted by molar-refractivity contribution is 4.88. The van der Waals surface area contributed by atoms with Crippen molar-refractivity contribution >= 4 is 0 Å². The minimum absolute atomic E-state index is 0.104. The second kappa shape index (κ2) is 7.34. The number of ether oxygens (including phenoxy) is 1. The zero-order valence-corrected chi connectivity index (χ0v) is 11.5. The number of hydrogen-bond donors (Lipinski definition) is 2. The van der Waals surface area contributed by atoms with Crippen molar-refractivity contribution in [1.29, 1.82) is 0 Å². The van der Waals surface area contributed by atoms with Crippen LogP contribution in [0.2, 0.25) is 0 Å². The van der Waals surface area contributed by atoms with Gasteiger partial charge in [0.2, 0.25) is 0 Å². The summed E-state index contributed by atoms with van der Waals surface area (Å²) in [4.78, 5) is 0. The molecular weight excluding hydrogens is 214 g/mol. The number of aliphatic hydroxyl groups is 1. The average molecular weight is 243 g/mol. The zero-order chi connectivity index (χ0) is 12.7. The van der Waals surface area contributed by atoms with Crippen molar-refractivity contribution < 1.29 is 9.84 Å². The Hall–Kier alpha value is -0.120. The van der Waals surface area contributed by atoms with Gasteiger partial charge in [0.05, 0.1) is 12.2 Å². The first-order chi connectivity index (χ1) is 8.15. The SMILES string of the molecule is CCCC1CCC(CN)(OCC(C)CO)CC1. The third kappa shape index (κ3) is 4.57. The van der Waals surface area contributed by atoms with Gasteiger partial charge in [-0.1, -0.05) is 26.7 Å². The molecule has 3 heteroatoms. The van der Waals surface area contributed by atoms with Gasteiger partial charge in [-0.3, -0.25) is 0 Å². The fourth-order valence-electron chi connectivity index (χ4n) is 2.68. The molecule has 3 N–H and O–H groups in total. The minimum atomic E-state index is -0.104. The third-order valence-electron chi connectivity index (χ3n) is 4.07. The molecule has 17 heavy (non-hydrogen) atoms. The van der Waals surface area contributed by atoms with Gasteiger partial charge in [-0.2, -0.15) is 0 Å². The van der Waals surface area contributed by atoms with Crippen molar-refractivity contribution in [3.8, 4) is 0 Å². The predicted octanol–water partition coefficient (Wildman–Crippen LogP) is 2.32. The van der Waals surface area contributed by atoms with Crippen molar-refractivity contribution in [2.24, 2.45) is 17.6 Å². The summed E-state index contributed by atoms with van der Waals surface area (Å²) in [6, 6.07) is 0. The standard InChI is InChI=1S/C14H29NO2/c1-3-4-13-5-7-14(11-15,8-6-13)17-10-12(2)9-16/h12-13,16H,3-11,15H2,1-2H3. The Labute approximate surface area is 106 Å². The van der Waals surface area contributed by atoms with E-state index in [2.05, 4.69) is 6.92 Å². The second-order valence-electron chi connectivity index (χ2n) is 5.72. The summed E-state index contributed by atoms with van der Waals surface area (Å²) in [6.45, 7) is 5.70. The van der Waals surface area contributed by atoms with E-state index in [0.29, 0.717) is 13.2 Å². The molecule has 0 aromatic heterocycles. The smallest absolute Gasteiger partial charge is 0.0804 e. The van der Waals surface area contributed by atoms with Crippen LogP contribution in [0.5, 0.6) is 0 Å². The van der Waals surface area contributed by atoms with E-state index in [4.69, 9.17) is 15.6 Å². The van der Waals surface area contributed by atoms with Crippen LogP contribution in [0.15, 0.2) is 0 Å². The highest BCUT2D eigenvalue weighted by Gasteiger charge is 2.34. The van der Waals surface area contributed by atoms with Crippen LogP contribution >= 0.6 is 0 Å². The summed E-state index contributed by atoms with van der Waals surface area (Å²) in [5, 5.41) is 9.02. The maximum Gasteiger partial charge on any atom is 0.0804 e. The van der Waals surface area contributed by atoms with E-state index in [-0.39, 0.29) is 18.1 Å². The predicted molar refractivity (Wildman–Crippen MR) is 70.9 cm³/mol. The van der Waals surface area contributed by atoms with E-state index >= 15 is 0 Å². The molecule has 0 bridgehead atoms. The third-order valence-corrected chi connectivity index (χ3v) is 4.07. The van der Waals surface area contributed by atoms with E-state index in [1.165, 1.54) is 25.7 Å². The normalized spacial score (nSPS) is 31.4. The number of nitrogens with two attached hydrogens (primary N) is 1. The molecule has 0 spiro atoms. The Morgan fingerprint density at radius 1 is 1.41 bits per heavy atom. The van der Waals surface area contributed by atoms with Crippen molar-refractivity contribution in [2.45, 2.75) is 58.0 Å². The van der Waals surface area contributed by atoms with Crippen LogP contribution < -0.4 is 5.73 Å². The summed E-state index contributed by atoms with van der Waals surface area (Å²) in [5.74, 6) is 1.09. The summed E-state index contributed by atoms with van der Waals surface area (Å²) in [5.41, 5.74) is 5.79. The Balaban J connectivity index is 2.38. The maximum atomic E-state index is 9.02. The molecule has 1 rings (SSSR count). The molecule has 1 fully saturated rings. The minimum Gasteiger partial charge on any atom is -0.396 e. The van der Waals surface area contributed by atoms with E-state index < -0.39 is 0 Å². The van der Waals surface area contributed by atoms with Gasteiger partial charge >= 0.3 is 0 Å². The molecule has 0 aliphatic heterocycles. The molecule has 0 radical (unpaired) electrons. The lowest BCUT2D eigenvalue weighted by Crippen LogP contribution is -2.45. The van der Waals surface area contributed by atoms with Crippen molar-refractivity contribution in [1.82, 2.24) is 0 Å². The molecule has 1 saturated carbocycles. The van der Waals surface area contributed by atoms with Gasteiger partial charge in [-0.15, -0.1) is 0 Å². The van der Waals surface area contributed by atoms with Crippen LogP contribution in [0.1, 0.15) is 52.4 Å². The van der Waals surface area contributed by atoms with Gasteiger partial charge in [-0.25, -0.2) is 0 Å². The molecule has 0 amide bonds. The quantitative estimate of drug-likeness (QED) is 0.721. The Morgan fingerprint density at radius 2 is 2.06 bits per heavy atom. The lowest BCUT2D eigenvalue weighted by molar-refractivity contribution is -0.0869. The van der Waals surface area contributed by atoms with Crippen LogP contribution in [-0.4, -0.2) is 30.5 Å². The summed E-state index contributed by atoms with van der Waals surface area (Å²) >= 11 is 0. The lowest BCUT2D eigenvalue weighted by Gasteiger charge is -2.40. The van der Waals surface area contributed by atoms with E-state index in [0.717, 1.165) is 18.8 Å². The molecule has 0 heterocycles. The summed E-state index contributed by atoms with van der Waals surface area (Å²) < 4.78 is 6.01. The van der Waals surface area contributed by atoms with E-state index in [1.807, 2.05) is 6.92 Å². The lowest BCUT2D eigenvalue weighted by atomic mass is 9.77. The molecular formula is C14H29NO2. The Morgan fingerprint density at radius 3 is 2.53 bits per heavy atom. The summed E-state index contributed by atoms with van der Waals surface area (Å²) in [6.07, 6.45) is 7.30. The van der Waals surface area contributed by atoms with Crippen LogP contribution in [0, 0.1) is 11.8 Å². The topological polar surface area (TPSA) is 55.5 Å². The van der Waals surface area contributed by atoms with Crippen LogP contribution in [0.3, 0.4) is 0 Å². The van der Waals surface area contributed by atoms with Gasteiger partial charge in [0.1, 0.15) is 0 Å². The van der Waals surface area contributed by atoms with Gasteiger partial charge in [0.25, 0.3) is 0 Å². The molecule has 3 nitrogen and oxygen atoms in total. The fraction of sp³-hybridized carbons (Fsp3) is 1.00. The van der Waals surface area contributed by atoms with E-state index in [1.54, 1.807) is 0 Å². The Bertz CT molecular complexity index is 200. The average Bonchev–Trinajstić information content (AvgIpc) is 2.38. The fourth-order valence-corrected chi connectivity index (χ4v) is 2.68. The van der Waals surface area contributed by atoms with Crippen molar-refractivity contribution in [3.05, 3.63) is 0 Å². The molecule has 0 aromatic rings. The highest BCUT2D eigenvalue weighted by atomic mass is 16.5. The van der Waals surface area contributed by atoms with Crippen molar-refractivity contribution in [3.63, 3.8) is 0 Å². The monoisotopic (exact) mass is 243 g/mol. The number of hydrogen-bond acceptors (Lipinski definition) is 3. The van der Waals surface area contributed by atoms with Gasteiger partial charge < -0.3 is 15.6 Å². The van der Waals surface area contributed by atoms with Crippen LogP contribution in [0.4, 0.5) is 0 Å². The molecule has 1 aliphatic rings. The van der Waals surface area contributed by atoms with Crippen LogP contribution in [-0.2, 0) is 4.74 Å². The molecule has 102 valence electrons. The van der Waals surface area contributed by atoms with Gasteiger partial charge in [-0.05, 0) is 31.6 Å². The summed E-state index contributed by atoms with van der Waals surface area (Å²) in [7, 11) is 0. The largest absolute Gasteiger partial charge is 0.396 e. The first-order valence-corrected chi connectivity index (χ1v) is 7.10. The molecule has 1 aliphatic carbocycles. The number of rotatable bonds is 7. The second-order valence-corrected chi connectivity index (χ2v) is 5.72. The first-order valence-electron chi connectivity index (χ1n) is 7.10. The Kier molecular flexibility index (Phi) is 6.45. The highest BCUT2D eigenvalue weighted by Crippen LogP contribution is 2.36. The molecule has 1 unspecified atom stereocenters. The zero-order valence-electron chi connectivity index (χ0n) is 11.5. The number of aliphatic hydroxyl groups excluding tert-OH is 1. The van der Waals surface area contributed by atoms with Crippen LogP contribution in [0.25, 0.3) is 0 Å². The maximum absolute atomic E-state index is 9.02. The molecule has 1 atom stereocenters. The van der Waals surface area contributed by atoms with E-state index in [9.17, 15) is 0 Å². The van der Waals surface area contributed by atoms with Crippen molar-refractivity contribution in [2.75, 3.05) is 19.8 Å². The molecule has 0 saturated heterocycles. The van der Waals surface area contributed by atoms with Gasteiger partial charge in [0, 0.05) is 19.1 Å². The molecule has 0 aromatic carbocycles. The van der Waals surface area contributed by atoms with Gasteiger partial charge in [0.15, 0.2) is 0 Å².